The predicted octanol–water partition coefficient (Wildman–Crippen LogP) is 3.12. The van der Waals surface area contributed by atoms with E-state index in [4.69, 9.17) is 23.1 Å². The molecule has 0 saturated heterocycles. The van der Waals surface area contributed by atoms with Crippen LogP contribution in [0.1, 0.15) is 5.56 Å². The number of benzene rings is 2. The minimum atomic E-state index is 0.639. The Bertz CT molecular complexity index is 509. The van der Waals surface area contributed by atoms with Gasteiger partial charge in [-0.25, -0.2) is 0 Å². The minimum Gasteiger partial charge on any atom is -0.399 e. The van der Waals surface area contributed by atoms with Gasteiger partial charge in [0, 0.05) is 17.3 Å². The molecule has 0 spiro atoms. The Labute approximate surface area is 105 Å². The van der Waals surface area contributed by atoms with Crippen LogP contribution in [0.15, 0.2) is 42.5 Å². The number of rotatable bonds is 3. The topological polar surface area (TPSA) is 64.1 Å². The molecule has 2 rings (SSSR count). The lowest BCUT2D eigenvalue weighted by atomic mass is 10.2. The maximum Gasteiger partial charge on any atom is 0.0577 e. The Morgan fingerprint density at radius 3 is 2.35 bits per heavy atom. The average Bonchev–Trinajstić information content (AvgIpc) is 2.30. The van der Waals surface area contributed by atoms with Gasteiger partial charge in [0.2, 0.25) is 0 Å². The van der Waals surface area contributed by atoms with Crippen molar-refractivity contribution in [3.8, 4) is 0 Å². The second-order valence-electron chi connectivity index (χ2n) is 3.83. The van der Waals surface area contributed by atoms with Crippen LogP contribution < -0.4 is 16.8 Å². The monoisotopic (exact) mass is 247 g/mol. The highest BCUT2D eigenvalue weighted by atomic mass is 35.5. The lowest BCUT2D eigenvalue weighted by molar-refractivity contribution is 1.15. The molecule has 0 aliphatic carbocycles. The van der Waals surface area contributed by atoms with E-state index >= 15 is 0 Å². The predicted molar refractivity (Wildman–Crippen MR) is 74.0 cm³/mol. The van der Waals surface area contributed by atoms with E-state index in [-0.39, 0.29) is 0 Å². The van der Waals surface area contributed by atoms with Crippen LogP contribution in [0.3, 0.4) is 0 Å². The number of hydrogen-bond acceptors (Lipinski definition) is 3. The van der Waals surface area contributed by atoms with E-state index in [1.165, 1.54) is 0 Å². The molecule has 2 aromatic rings. The van der Waals surface area contributed by atoms with E-state index < -0.39 is 0 Å². The molecule has 4 heteroatoms. The molecule has 3 nitrogen and oxygen atoms in total. The van der Waals surface area contributed by atoms with Gasteiger partial charge in [0.1, 0.15) is 0 Å². The summed E-state index contributed by atoms with van der Waals surface area (Å²) in [6.45, 7) is 0.701. The Hall–Kier alpha value is -1.87. The number of hydrogen-bond donors (Lipinski definition) is 3. The van der Waals surface area contributed by atoms with Crippen molar-refractivity contribution in [2.75, 3.05) is 16.8 Å². The van der Waals surface area contributed by atoms with E-state index in [2.05, 4.69) is 5.32 Å². The molecule has 0 atom stereocenters. The molecule has 0 heterocycles. The third kappa shape index (κ3) is 3.04. The van der Waals surface area contributed by atoms with Crippen LogP contribution in [-0.2, 0) is 6.54 Å². The van der Waals surface area contributed by atoms with Crippen LogP contribution in [-0.4, -0.2) is 0 Å². The van der Waals surface area contributed by atoms with Gasteiger partial charge in [0.15, 0.2) is 0 Å². The van der Waals surface area contributed by atoms with Crippen LogP contribution in [0.5, 0.6) is 0 Å². The number of nitrogens with one attached hydrogen (secondary N) is 1. The van der Waals surface area contributed by atoms with Gasteiger partial charge in [-0.2, -0.15) is 0 Å². The van der Waals surface area contributed by atoms with Crippen molar-refractivity contribution in [1.82, 2.24) is 0 Å². The Morgan fingerprint density at radius 2 is 1.71 bits per heavy atom. The lowest BCUT2D eigenvalue weighted by Crippen LogP contribution is -2.02. The van der Waals surface area contributed by atoms with Crippen LogP contribution in [0.4, 0.5) is 17.1 Å². The molecule has 88 valence electrons. The zero-order valence-electron chi connectivity index (χ0n) is 9.28. The first-order valence-electron chi connectivity index (χ1n) is 5.28. The van der Waals surface area contributed by atoms with Crippen molar-refractivity contribution in [2.24, 2.45) is 0 Å². The Morgan fingerprint density at radius 1 is 1.00 bits per heavy atom. The summed E-state index contributed by atoms with van der Waals surface area (Å²) in [5, 5.41) is 3.89. The van der Waals surface area contributed by atoms with Gasteiger partial charge in [-0.3, -0.25) is 0 Å². The van der Waals surface area contributed by atoms with Crippen molar-refractivity contribution >= 4 is 28.7 Å². The fraction of sp³-hybridized carbons (Fsp3) is 0.0769. The van der Waals surface area contributed by atoms with E-state index in [9.17, 15) is 0 Å². The zero-order chi connectivity index (χ0) is 12.3. The van der Waals surface area contributed by atoms with Crippen LogP contribution in [0, 0.1) is 0 Å². The van der Waals surface area contributed by atoms with Gasteiger partial charge in [0.05, 0.1) is 11.4 Å². The SMILES string of the molecule is Nc1ccc(CNc2ccc(Cl)cc2N)cc1. The molecule has 2 aromatic carbocycles. The molecule has 0 radical (unpaired) electrons. The van der Waals surface area contributed by atoms with E-state index in [0.717, 1.165) is 16.9 Å². The lowest BCUT2D eigenvalue weighted by Gasteiger charge is -2.09. The molecule has 0 unspecified atom stereocenters. The molecule has 0 aromatic heterocycles. The second kappa shape index (κ2) is 4.97. The van der Waals surface area contributed by atoms with E-state index in [1.54, 1.807) is 6.07 Å². The molecule has 0 aliphatic rings. The molecule has 0 saturated carbocycles. The van der Waals surface area contributed by atoms with Gasteiger partial charge < -0.3 is 16.8 Å². The molecule has 17 heavy (non-hydrogen) atoms. The number of halogens is 1. The van der Waals surface area contributed by atoms with Crippen molar-refractivity contribution < 1.29 is 0 Å². The summed E-state index contributed by atoms with van der Waals surface area (Å²) >= 11 is 5.83. The molecular formula is C13H14ClN3. The van der Waals surface area contributed by atoms with Crippen molar-refractivity contribution in [3.63, 3.8) is 0 Å². The molecule has 0 bridgehead atoms. The Balaban J connectivity index is 2.04. The highest BCUT2D eigenvalue weighted by molar-refractivity contribution is 6.31. The summed E-state index contributed by atoms with van der Waals surface area (Å²) in [5.41, 5.74) is 14.9. The second-order valence-corrected chi connectivity index (χ2v) is 4.26. The van der Waals surface area contributed by atoms with Crippen LogP contribution in [0.2, 0.25) is 5.02 Å². The first-order chi connectivity index (χ1) is 8.15. The number of anilines is 3. The fourth-order valence-electron chi connectivity index (χ4n) is 1.53. The highest BCUT2D eigenvalue weighted by Crippen LogP contribution is 2.23. The van der Waals surface area contributed by atoms with Crippen LogP contribution >= 0.6 is 11.6 Å². The maximum absolute atomic E-state index is 5.84. The summed E-state index contributed by atoms with van der Waals surface area (Å²) in [6.07, 6.45) is 0. The molecule has 5 N–H and O–H groups in total. The van der Waals surface area contributed by atoms with Gasteiger partial charge in [-0.1, -0.05) is 23.7 Å². The molecule has 0 aliphatic heterocycles. The third-order valence-electron chi connectivity index (χ3n) is 2.48. The number of nitrogens with two attached hydrogens (primary N) is 2. The molecular weight excluding hydrogens is 234 g/mol. The normalized spacial score (nSPS) is 10.2. The van der Waals surface area contributed by atoms with Crippen molar-refractivity contribution in [1.29, 1.82) is 0 Å². The summed E-state index contributed by atoms with van der Waals surface area (Å²) in [4.78, 5) is 0. The summed E-state index contributed by atoms with van der Waals surface area (Å²) < 4.78 is 0. The third-order valence-corrected chi connectivity index (χ3v) is 2.71. The highest BCUT2D eigenvalue weighted by Gasteiger charge is 1.99. The molecule has 0 fully saturated rings. The zero-order valence-corrected chi connectivity index (χ0v) is 10.0. The summed E-state index contributed by atoms with van der Waals surface area (Å²) in [7, 11) is 0. The van der Waals surface area contributed by atoms with Crippen LogP contribution in [0.25, 0.3) is 0 Å². The van der Waals surface area contributed by atoms with Gasteiger partial charge in [-0.15, -0.1) is 0 Å². The van der Waals surface area contributed by atoms with Gasteiger partial charge in [-0.05, 0) is 35.9 Å². The summed E-state index contributed by atoms with van der Waals surface area (Å²) in [5.74, 6) is 0. The summed E-state index contributed by atoms with van der Waals surface area (Å²) in [6, 6.07) is 13.1. The largest absolute Gasteiger partial charge is 0.399 e. The quantitative estimate of drug-likeness (QED) is 0.731. The van der Waals surface area contributed by atoms with Gasteiger partial charge >= 0.3 is 0 Å². The fourth-order valence-corrected chi connectivity index (χ4v) is 1.71. The maximum atomic E-state index is 5.84. The first-order valence-corrected chi connectivity index (χ1v) is 5.66. The van der Waals surface area contributed by atoms with E-state index in [0.29, 0.717) is 17.3 Å². The van der Waals surface area contributed by atoms with Crippen molar-refractivity contribution in [3.05, 3.63) is 53.1 Å². The minimum absolute atomic E-state index is 0.639. The van der Waals surface area contributed by atoms with Gasteiger partial charge in [0.25, 0.3) is 0 Å². The van der Waals surface area contributed by atoms with E-state index in [1.807, 2.05) is 36.4 Å². The smallest absolute Gasteiger partial charge is 0.0577 e. The average molecular weight is 248 g/mol. The van der Waals surface area contributed by atoms with Crippen molar-refractivity contribution in [2.45, 2.75) is 6.54 Å². The Kier molecular flexibility index (Phi) is 3.40. The number of nitrogen functional groups attached to an aromatic ring is 2. The molecule has 0 amide bonds. The first kappa shape index (κ1) is 11.6. The standard InChI is InChI=1S/C13H14ClN3/c14-10-3-6-13(12(16)7-10)17-8-9-1-4-11(15)5-2-9/h1-7,17H,8,15-16H2.